The summed E-state index contributed by atoms with van der Waals surface area (Å²) in [5.74, 6) is 0.296. The largest absolute Gasteiger partial charge is 0.443 e. The second-order valence-electron chi connectivity index (χ2n) is 8.52. The summed E-state index contributed by atoms with van der Waals surface area (Å²) in [6.07, 6.45) is 4.62. The van der Waals surface area contributed by atoms with Gasteiger partial charge in [0.2, 0.25) is 5.91 Å². The van der Waals surface area contributed by atoms with Gasteiger partial charge in [0.05, 0.1) is 0 Å². The smallest absolute Gasteiger partial charge is 0.276 e. The zero-order chi connectivity index (χ0) is 22.5. The van der Waals surface area contributed by atoms with Gasteiger partial charge in [0.25, 0.3) is 5.91 Å². The fourth-order valence-corrected chi connectivity index (χ4v) is 4.77. The molecule has 4 rings (SSSR count). The van der Waals surface area contributed by atoms with Crippen LogP contribution in [-0.4, -0.2) is 78.7 Å². The minimum atomic E-state index is -0.161. The minimum absolute atomic E-state index is 0.0272. The van der Waals surface area contributed by atoms with Crippen LogP contribution < -0.4 is 0 Å². The topological polar surface area (TPSA) is 85.1 Å². The average Bonchev–Trinajstić information content (AvgIpc) is 3.30. The van der Waals surface area contributed by atoms with Crippen LogP contribution in [0.2, 0.25) is 0 Å². The molecule has 3 heterocycles. The molecule has 2 amide bonds. The highest BCUT2D eigenvalue weighted by Gasteiger charge is 2.36. The fraction of sp³-hybridized carbons (Fsp3) is 0.542. The van der Waals surface area contributed by atoms with Crippen LogP contribution in [0, 0.1) is 6.92 Å². The average molecular weight is 442 g/mol. The molecule has 0 N–H and O–H groups in total. The first-order valence-electron chi connectivity index (χ1n) is 11.3. The number of hydrogen-bond donors (Lipinski definition) is 0. The van der Waals surface area contributed by atoms with Crippen LogP contribution in [0.3, 0.4) is 0 Å². The van der Waals surface area contributed by atoms with E-state index in [2.05, 4.69) is 4.98 Å². The van der Waals surface area contributed by atoms with Crippen molar-refractivity contribution in [1.29, 1.82) is 0 Å². The maximum absolute atomic E-state index is 13.4. The molecular weight excluding hydrogens is 410 g/mol. The van der Waals surface area contributed by atoms with E-state index >= 15 is 0 Å². The van der Waals surface area contributed by atoms with Gasteiger partial charge in [0, 0.05) is 51.1 Å². The van der Waals surface area contributed by atoms with Crippen molar-refractivity contribution in [1.82, 2.24) is 14.8 Å². The van der Waals surface area contributed by atoms with Gasteiger partial charge in [-0.25, -0.2) is 4.98 Å². The second-order valence-corrected chi connectivity index (χ2v) is 8.52. The maximum atomic E-state index is 13.4. The number of amides is 2. The van der Waals surface area contributed by atoms with Crippen molar-refractivity contribution in [3.05, 3.63) is 41.9 Å². The standard InChI is InChI=1S/C24H31N3O5/c1-17-5-3-6-18(13-17)23-22(25-16-32-23)24(29)26-10-4-7-20(14-26)27(21(28)15-30-2)19-8-11-31-12-9-19/h3,5-6,13,16,19-20H,4,7-12,14-15H2,1-2H3. The summed E-state index contributed by atoms with van der Waals surface area (Å²) in [6, 6.07) is 7.89. The van der Waals surface area contributed by atoms with Crippen molar-refractivity contribution in [2.24, 2.45) is 0 Å². The molecule has 0 radical (unpaired) electrons. The Balaban J connectivity index is 1.54. The second kappa shape index (κ2) is 10.3. The number of aromatic nitrogens is 1. The number of nitrogens with zero attached hydrogens (tertiary/aromatic N) is 3. The highest BCUT2D eigenvalue weighted by atomic mass is 16.5. The van der Waals surface area contributed by atoms with E-state index in [1.807, 2.05) is 36.1 Å². The number of rotatable bonds is 6. The van der Waals surface area contributed by atoms with Gasteiger partial charge in [-0.05, 0) is 38.7 Å². The molecule has 32 heavy (non-hydrogen) atoms. The number of likely N-dealkylation sites (tertiary alicyclic amines) is 1. The lowest BCUT2D eigenvalue weighted by molar-refractivity contribution is -0.143. The van der Waals surface area contributed by atoms with Crippen LogP contribution in [-0.2, 0) is 14.3 Å². The van der Waals surface area contributed by atoms with Gasteiger partial charge in [0.1, 0.15) is 6.61 Å². The van der Waals surface area contributed by atoms with Gasteiger partial charge in [-0.3, -0.25) is 9.59 Å². The first-order valence-corrected chi connectivity index (χ1v) is 11.3. The number of carbonyl (C=O) groups is 2. The predicted molar refractivity (Wildman–Crippen MR) is 118 cm³/mol. The highest BCUT2D eigenvalue weighted by Crippen LogP contribution is 2.28. The molecule has 8 nitrogen and oxygen atoms in total. The molecule has 0 saturated carbocycles. The minimum Gasteiger partial charge on any atom is -0.443 e. The van der Waals surface area contributed by atoms with Crippen LogP contribution in [0.1, 0.15) is 41.7 Å². The Kier molecular flexibility index (Phi) is 7.22. The van der Waals surface area contributed by atoms with Crippen LogP contribution >= 0.6 is 0 Å². The van der Waals surface area contributed by atoms with E-state index in [9.17, 15) is 9.59 Å². The van der Waals surface area contributed by atoms with Crippen LogP contribution in [0.4, 0.5) is 0 Å². The molecule has 1 aromatic carbocycles. The zero-order valence-corrected chi connectivity index (χ0v) is 18.8. The summed E-state index contributed by atoms with van der Waals surface area (Å²) < 4.78 is 16.2. The molecule has 2 aliphatic rings. The molecule has 2 fully saturated rings. The van der Waals surface area contributed by atoms with Crippen molar-refractivity contribution in [2.75, 3.05) is 40.0 Å². The SMILES string of the molecule is COCC(=O)N(C1CCOCC1)C1CCCN(C(=O)c2ncoc2-c2cccc(C)c2)C1. The van der Waals surface area contributed by atoms with E-state index in [1.54, 1.807) is 4.90 Å². The van der Waals surface area contributed by atoms with Gasteiger partial charge in [-0.2, -0.15) is 0 Å². The molecule has 0 bridgehead atoms. The summed E-state index contributed by atoms with van der Waals surface area (Å²) in [7, 11) is 1.54. The van der Waals surface area contributed by atoms with Crippen LogP contribution in [0.25, 0.3) is 11.3 Å². The molecule has 2 aliphatic heterocycles. The number of carbonyl (C=O) groups excluding carboxylic acids is 2. The zero-order valence-electron chi connectivity index (χ0n) is 18.8. The van der Waals surface area contributed by atoms with Crippen molar-refractivity contribution in [3.63, 3.8) is 0 Å². The lowest BCUT2D eigenvalue weighted by atomic mass is 9.98. The van der Waals surface area contributed by atoms with Gasteiger partial charge < -0.3 is 23.7 Å². The summed E-state index contributed by atoms with van der Waals surface area (Å²) in [4.78, 5) is 34.4. The van der Waals surface area contributed by atoms with E-state index in [0.29, 0.717) is 37.8 Å². The van der Waals surface area contributed by atoms with E-state index in [-0.39, 0.29) is 30.5 Å². The van der Waals surface area contributed by atoms with E-state index < -0.39 is 0 Å². The van der Waals surface area contributed by atoms with Crippen LogP contribution in [0.15, 0.2) is 35.1 Å². The molecule has 1 atom stereocenters. The van der Waals surface area contributed by atoms with Crippen LogP contribution in [0.5, 0.6) is 0 Å². The molecule has 8 heteroatoms. The normalized spacial score (nSPS) is 19.7. The first-order chi connectivity index (χ1) is 15.6. The number of ether oxygens (including phenoxy) is 2. The molecule has 1 aromatic heterocycles. The molecule has 2 saturated heterocycles. The summed E-state index contributed by atoms with van der Waals surface area (Å²) in [6.45, 7) is 4.45. The quantitative estimate of drug-likeness (QED) is 0.685. The Morgan fingerprint density at radius 1 is 1.22 bits per heavy atom. The maximum Gasteiger partial charge on any atom is 0.276 e. The van der Waals surface area contributed by atoms with E-state index in [0.717, 1.165) is 36.8 Å². The molecule has 2 aromatic rings. The Morgan fingerprint density at radius 2 is 2.03 bits per heavy atom. The van der Waals surface area contributed by atoms with Gasteiger partial charge in [-0.1, -0.05) is 23.8 Å². The summed E-state index contributed by atoms with van der Waals surface area (Å²) in [5.41, 5.74) is 2.23. The van der Waals surface area contributed by atoms with Gasteiger partial charge >= 0.3 is 0 Å². The number of oxazole rings is 1. The number of benzene rings is 1. The van der Waals surface area contributed by atoms with Crippen molar-refractivity contribution in [3.8, 4) is 11.3 Å². The number of hydrogen-bond acceptors (Lipinski definition) is 6. The van der Waals surface area contributed by atoms with E-state index in [1.165, 1.54) is 13.5 Å². The Bertz CT molecular complexity index is 937. The third kappa shape index (κ3) is 4.86. The first kappa shape index (κ1) is 22.5. The van der Waals surface area contributed by atoms with Gasteiger partial charge in [-0.15, -0.1) is 0 Å². The number of aryl methyl sites for hydroxylation is 1. The Labute approximate surface area is 188 Å². The van der Waals surface area contributed by atoms with Crippen molar-refractivity contribution >= 4 is 11.8 Å². The molecule has 0 aliphatic carbocycles. The lowest BCUT2D eigenvalue weighted by Crippen LogP contribution is -2.56. The Morgan fingerprint density at radius 3 is 2.78 bits per heavy atom. The van der Waals surface area contributed by atoms with Crippen molar-refractivity contribution < 1.29 is 23.5 Å². The summed E-state index contributed by atoms with van der Waals surface area (Å²) >= 11 is 0. The highest BCUT2D eigenvalue weighted by molar-refractivity contribution is 5.97. The third-order valence-electron chi connectivity index (χ3n) is 6.27. The van der Waals surface area contributed by atoms with Gasteiger partial charge in [0.15, 0.2) is 17.8 Å². The Hall–Kier alpha value is -2.71. The lowest BCUT2D eigenvalue weighted by Gasteiger charge is -2.44. The summed E-state index contributed by atoms with van der Waals surface area (Å²) in [5, 5.41) is 0. The molecule has 172 valence electrons. The predicted octanol–water partition coefficient (Wildman–Crippen LogP) is 2.91. The number of piperidine rings is 1. The molecule has 1 unspecified atom stereocenters. The third-order valence-corrected chi connectivity index (χ3v) is 6.27. The van der Waals surface area contributed by atoms with E-state index in [4.69, 9.17) is 13.9 Å². The number of methoxy groups -OCH3 is 1. The molecular formula is C24H31N3O5. The van der Waals surface area contributed by atoms with Crippen molar-refractivity contribution in [2.45, 2.75) is 44.7 Å². The monoisotopic (exact) mass is 441 g/mol. The fourth-order valence-electron chi connectivity index (χ4n) is 4.77. The molecule has 0 spiro atoms.